The highest BCUT2D eigenvalue weighted by molar-refractivity contribution is 6.31. The van der Waals surface area contributed by atoms with Crippen molar-refractivity contribution in [2.24, 2.45) is 0 Å². The van der Waals surface area contributed by atoms with Crippen LogP contribution >= 0.6 is 11.6 Å². The first-order chi connectivity index (χ1) is 16.9. The molecule has 0 radical (unpaired) electrons. The molecule has 1 amide bonds. The summed E-state index contributed by atoms with van der Waals surface area (Å²) in [5.41, 5.74) is 0.0203. The summed E-state index contributed by atoms with van der Waals surface area (Å²) < 4.78 is 52.6. The van der Waals surface area contributed by atoms with Gasteiger partial charge in [-0.2, -0.15) is 13.2 Å². The molecule has 0 aliphatic carbocycles. The van der Waals surface area contributed by atoms with Gasteiger partial charge in [0.05, 0.1) is 37.1 Å². The lowest BCUT2D eigenvalue weighted by atomic mass is 10.1. The molecule has 2 aromatic heterocycles. The van der Waals surface area contributed by atoms with E-state index < -0.39 is 35.6 Å². The molecule has 0 N–H and O–H groups in total. The molecule has 36 heavy (non-hydrogen) atoms. The zero-order chi connectivity index (χ0) is 26.1. The van der Waals surface area contributed by atoms with Crippen molar-refractivity contribution in [1.29, 1.82) is 0 Å². The summed E-state index contributed by atoms with van der Waals surface area (Å²) in [6, 6.07) is 6.24. The van der Waals surface area contributed by atoms with Crippen molar-refractivity contribution < 1.29 is 27.4 Å². The van der Waals surface area contributed by atoms with Crippen molar-refractivity contribution in [3.63, 3.8) is 0 Å². The third-order valence-corrected chi connectivity index (χ3v) is 5.89. The fraction of sp³-hybridized carbons (Fsp3) is 0.417. The molecule has 1 fully saturated rings. The molecule has 4 rings (SSSR count). The van der Waals surface area contributed by atoms with E-state index in [0.717, 1.165) is 17.7 Å². The maximum atomic E-state index is 13.2. The molecule has 0 spiro atoms. The monoisotopic (exact) mass is 523 g/mol. The van der Waals surface area contributed by atoms with Gasteiger partial charge in [-0.15, -0.1) is 5.10 Å². The van der Waals surface area contributed by atoms with E-state index in [2.05, 4.69) is 15.3 Å². The lowest BCUT2D eigenvalue weighted by molar-refractivity contribution is -0.137. The smallest absolute Gasteiger partial charge is 0.416 e. The second-order valence-corrected chi connectivity index (χ2v) is 9.84. The van der Waals surface area contributed by atoms with Gasteiger partial charge in [0.2, 0.25) is 0 Å². The Bertz CT molecular complexity index is 1210. The number of nitrogens with zero attached hydrogens (tertiary/aromatic N) is 5. The van der Waals surface area contributed by atoms with Crippen LogP contribution in [0.2, 0.25) is 5.02 Å². The molecule has 2 atom stereocenters. The third kappa shape index (κ3) is 6.14. The Morgan fingerprint density at radius 2 is 1.97 bits per heavy atom. The zero-order valence-corrected chi connectivity index (χ0v) is 20.6. The maximum Gasteiger partial charge on any atom is 0.416 e. The number of likely N-dealkylation sites (tertiary alicyclic amines) is 1. The third-order valence-electron chi connectivity index (χ3n) is 5.52. The zero-order valence-electron chi connectivity index (χ0n) is 19.9. The van der Waals surface area contributed by atoms with E-state index in [0.29, 0.717) is 5.69 Å². The average molecular weight is 524 g/mol. The molecule has 192 valence electrons. The minimum absolute atomic E-state index is 0.151. The van der Waals surface area contributed by atoms with Crippen LogP contribution in [0, 0.1) is 0 Å². The van der Waals surface area contributed by atoms with Crippen molar-refractivity contribution in [1.82, 2.24) is 24.9 Å². The van der Waals surface area contributed by atoms with E-state index in [-0.39, 0.29) is 30.3 Å². The first-order valence-electron chi connectivity index (χ1n) is 11.2. The van der Waals surface area contributed by atoms with Crippen molar-refractivity contribution >= 4 is 17.7 Å². The molecule has 3 heterocycles. The lowest BCUT2D eigenvalue weighted by Crippen LogP contribution is -2.36. The first-order valence-corrected chi connectivity index (χ1v) is 11.6. The second-order valence-electron chi connectivity index (χ2n) is 9.43. The highest BCUT2D eigenvalue weighted by Gasteiger charge is 2.40. The Kier molecular flexibility index (Phi) is 7.24. The summed E-state index contributed by atoms with van der Waals surface area (Å²) in [5, 5.41) is 8.57. The molecule has 0 bridgehead atoms. The Morgan fingerprint density at radius 1 is 1.19 bits per heavy atom. The highest BCUT2D eigenvalue weighted by Crippen LogP contribution is 2.33. The quantitative estimate of drug-likeness (QED) is 0.446. The number of alkyl halides is 3. The van der Waals surface area contributed by atoms with Gasteiger partial charge in [0, 0.05) is 29.5 Å². The van der Waals surface area contributed by atoms with Crippen LogP contribution in [0.3, 0.4) is 0 Å². The molecule has 2 unspecified atom stereocenters. The van der Waals surface area contributed by atoms with Crippen molar-refractivity contribution in [2.75, 3.05) is 13.1 Å². The summed E-state index contributed by atoms with van der Waals surface area (Å²) in [5.74, 6) is 0. The Labute approximate surface area is 211 Å². The minimum Gasteiger partial charge on any atom is -0.444 e. The van der Waals surface area contributed by atoms with Crippen molar-refractivity contribution in [3.8, 4) is 11.3 Å². The molecular weight excluding hydrogens is 499 g/mol. The normalized spacial score (nSPS) is 18.5. The number of hydrogen-bond acceptors (Lipinski definition) is 6. The predicted molar refractivity (Wildman–Crippen MR) is 125 cm³/mol. The lowest BCUT2D eigenvalue weighted by Gasteiger charge is -2.24. The van der Waals surface area contributed by atoms with Gasteiger partial charge >= 0.3 is 12.3 Å². The summed E-state index contributed by atoms with van der Waals surface area (Å²) in [6.07, 6.45) is -0.624. The van der Waals surface area contributed by atoms with Crippen LogP contribution in [-0.4, -0.2) is 55.8 Å². The molecule has 8 nitrogen and oxygen atoms in total. The molecule has 1 aliphatic rings. The Balaban J connectivity index is 1.57. The van der Waals surface area contributed by atoms with Crippen molar-refractivity contribution in [2.45, 2.75) is 51.3 Å². The van der Waals surface area contributed by atoms with Crippen LogP contribution < -0.4 is 0 Å². The number of carbonyl (C=O) groups excluding carboxylic acids is 1. The van der Waals surface area contributed by atoms with Crippen LogP contribution in [0.1, 0.15) is 37.9 Å². The predicted octanol–water partition coefficient (Wildman–Crippen LogP) is 5.39. The minimum atomic E-state index is -4.51. The molecule has 1 aliphatic heterocycles. The van der Waals surface area contributed by atoms with Crippen LogP contribution in [0.5, 0.6) is 0 Å². The highest BCUT2D eigenvalue weighted by atomic mass is 35.5. The van der Waals surface area contributed by atoms with E-state index in [1.54, 1.807) is 50.1 Å². The van der Waals surface area contributed by atoms with Gasteiger partial charge in [0.1, 0.15) is 11.3 Å². The van der Waals surface area contributed by atoms with Gasteiger partial charge in [0.25, 0.3) is 0 Å². The van der Waals surface area contributed by atoms with Crippen LogP contribution in [-0.2, 0) is 22.3 Å². The first kappa shape index (κ1) is 25.9. The number of hydrogen-bond donors (Lipinski definition) is 0. The number of rotatable bonds is 5. The number of aromatic nitrogens is 4. The molecule has 1 saturated heterocycles. The van der Waals surface area contributed by atoms with E-state index in [9.17, 15) is 18.0 Å². The Morgan fingerprint density at radius 3 is 2.64 bits per heavy atom. The number of ether oxygens (including phenoxy) is 2. The van der Waals surface area contributed by atoms with Gasteiger partial charge in [-0.05, 0) is 56.7 Å². The van der Waals surface area contributed by atoms with Gasteiger partial charge < -0.3 is 14.4 Å². The van der Waals surface area contributed by atoms with Crippen LogP contribution in [0.4, 0.5) is 18.0 Å². The van der Waals surface area contributed by atoms with E-state index in [1.165, 1.54) is 11.0 Å². The van der Waals surface area contributed by atoms with Gasteiger partial charge in [0.15, 0.2) is 0 Å². The summed E-state index contributed by atoms with van der Waals surface area (Å²) in [4.78, 5) is 18.3. The fourth-order valence-corrected chi connectivity index (χ4v) is 3.97. The number of amides is 1. The average Bonchev–Trinajstić information content (AvgIpc) is 3.45. The number of carbonyl (C=O) groups is 1. The standard InChI is InChI=1S/C24H25ClF3N5O3/c1-23(2,3)36-22(34)32-12-20(33-11-19(30-31-33)15-5-4-8-29-10-15)21(13-32)35-14-16-9-17(24(26,27)28)6-7-18(16)25/h4-11,20-21H,12-14H2,1-3H3. The summed E-state index contributed by atoms with van der Waals surface area (Å²) in [6.45, 7) is 5.47. The van der Waals surface area contributed by atoms with Crippen LogP contribution in [0.15, 0.2) is 48.9 Å². The SMILES string of the molecule is CC(C)(C)OC(=O)N1CC(OCc2cc(C(F)(F)F)ccc2Cl)C(n2cc(-c3cccnc3)nn2)C1. The second kappa shape index (κ2) is 10.1. The molecule has 12 heteroatoms. The van der Waals surface area contributed by atoms with E-state index in [1.807, 2.05) is 6.07 Å². The van der Waals surface area contributed by atoms with Gasteiger partial charge in [-0.3, -0.25) is 4.98 Å². The summed E-state index contributed by atoms with van der Waals surface area (Å²) >= 11 is 6.14. The van der Waals surface area contributed by atoms with Gasteiger partial charge in [-0.1, -0.05) is 16.8 Å². The number of pyridine rings is 1. The topological polar surface area (TPSA) is 82.4 Å². The van der Waals surface area contributed by atoms with Crippen molar-refractivity contribution in [3.05, 3.63) is 65.1 Å². The van der Waals surface area contributed by atoms with Crippen LogP contribution in [0.25, 0.3) is 11.3 Å². The Hall–Kier alpha value is -3.18. The molecule has 1 aromatic carbocycles. The number of benzene rings is 1. The molecular formula is C24H25ClF3N5O3. The summed E-state index contributed by atoms with van der Waals surface area (Å²) in [7, 11) is 0. The maximum absolute atomic E-state index is 13.2. The van der Waals surface area contributed by atoms with E-state index in [4.69, 9.17) is 21.1 Å². The van der Waals surface area contributed by atoms with E-state index >= 15 is 0 Å². The fourth-order valence-electron chi connectivity index (χ4n) is 3.79. The number of halogens is 4. The molecule has 3 aromatic rings. The van der Waals surface area contributed by atoms with Gasteiger partial charge in [-0.25, -0.2) is 9.48 Å². The molecule has 0 saturated carbocycles. The largest absolute Gasteiger partial charge is 0.444 e.